The molecule has 2 rings (SSSR count). The molecule has 0 fully saturated rings. The van der Waals surface area contributed by atoms with Gasteiger partial charge in [0.25, 0.3) is 0 Å². The van der Waals surface area contributed by atoms with E-state index < -0.39 is 11.5 Å². The number of aliphatic hydroxyl groups is 1. The average molecular weight is 251 g/mol. The molecule has 2 heteroatoms. The van der Waals surface area contributed by atoms with Crippen LogP contribution in [0.25, 0.3) is 0 Å². The highest BCUT2D eigenvalue weighted by molar-refractivity contribution is 5.39. The Balaban J connectivity index is 2.49. The summed E-state index contributed by atoms with van der Waals surface area (Å²) in [6.45, 7) is 3.72. The minimum Gasteiger partial charge on any atom is -0.386 e. The third-order valence-electron chi connectivity index (χ3n) is 3.64. The second-order valence-corrected chi connectivity index (χ2v) is 4.94. The number of benzene rings is 2. The van der Waals surface area contributed by atoms with Crippen molar-refractivity contribution in [2.75, 3.05) is 0 Å². The normalized spacial score (nSPS) is 15.3. The fourth-order valence-electron chi connectivity index (χ4n) is 2.27. The lowest BCUT2D eigenvalue weighted by molar-refractivity contribution is 0.119. The molecule has 0 aliphatic rings. The van der Waals surface area contributed by atoms with Crippen molar-refractivity contribution >= 4 is 0 Å². The summed E-state index contributed by atoms with van der Waals surface area (Å²) in [6, 6.07) is 19.3. The molecule has 96 valence electrons. The van der Waals surface area contributed by atoms with E-state index in [-0.39, 0.29) is 0 Å². The Morgan fingerprint density at radius 2 is 1.63 bits per heavy atom. The van der Waals surface area contributed by atoms with Gasteiger partial charge >= 0.3 is 0 Å². The van der Waals surface area contributed by atoms with Crippen molar-refractivity contribution in [2.24, 2.45) is 0 Å². The molecule has 0 heterocycles. The molecule has 0 aliphatic carbocycles. The number of hydrogen-bond acceptors (Lipinski definition) is 2. The van der Waals surface area contributed by atoms with Crippen molar-refractivity contribution in [3.8, 4) is 6.07 Å². The van der Waals surface area contributed by atoms with E-state index in [2.05, 4.69) is 6.07 Å². The third kappa shape index (κ3) is 2.38. The molecular formula is C17H17NO. The largest absolute Gasteiger partial charge is 0.386 e. The predicted octanol–water partition coefficient (Wildman–Crippen LogP) is 3.51. The average Bonchev–Trinajstić information content (AvgIpc) is 2.47. The Morgan fingerprint density at radius 3 is 2.21 bits per heavy atom. The second-order valence-electron chi connectivity index (χ2n) is 4.94. The molecule has 0 spiro atoms. The highest BCUT2D eigenvalue weighted by Gasteiger charge is 2.36. The van der Waals surface area contributed by atoms with Gasteiger partial charge in [0.1, 0.15) is 11.5 Å². The van der Waals surface area contributed by atoms with Gasteiger partial charge < -0.3 is 5.11 Å². The van der Waals surface area contributed by atoms with E-state index in [1.165, 1.54) is 0 Å². The first-order chi connectivity index (χ1) is 9.09. The molecule has 0 saturated carbocycles. The minimum atomic E-state index is -0.951. The SMILES string of the molecule is Cc1ccccc1[C@H](O)[C@@](C)(C#N)c1ccccc1. The summed E-state index contributed by atoms with van der Waals surface area (Å²) >= 11 is 0. The monoisotopic (exact) mass is 251 g/mol. The van der Waals surface area contributed by atoms with Crippen LogP contribution >= 0.6 is 0 Å². The number of rotatable bonds is 3. The summed E-state index contributed by atoms with van der Waals surface area (Å²) in [7, 11) is 0. The van der Waals surface area contributed by atoms with Crippen molar-refractivity contribution < 1.29 is 5.11 Å². The molecular weight excluding hydrogens is 234 g/mol. The number of aryl methyl sites for hydroxylation is 1. The van der Waals surface area contributed by atoms with Gasteiger partial charge in [-0.05, 0) is 30.5 Å². The smallest absolute Gasteiger partial charge is 0.109 e. The van der Waals surface area contributed by atoms with Gasteiger partial charge in [-0.15, -0.1) is 0 Å². The van der Waals surface area contributed by atoms with Crippen LogP contribution in [0.15, 0.2) is 54.6 Å². The molecule has 2 atom stereocenters. The molecule has 0 aliphatic heterocycles. The Labute approximate surface area is 114 Å². The van der Waals surface area contributed by atoms with Crippen molar-refractivity contribution in [3.05, 3.63) is 71.3 Å². The number of aliphatic hydroxyl groups excluding tert-OH is 1. The zero-order valence-electron chi connectivity index (χ0n) is 11.2. The fraction of sp³-hybridized carbons (Fsp3) is 0.235. The number of hydrogen-bond donors (Lipinski definition) is 1. The summed E-state index contributed by atoms with van der Waals surface area (Å²) in [5.41, 5.74) is 1.67. The molecule has 0 amide bonds. The molecule has 0 radical (unpaired) electrons. The summed E-state index contributed by atoms with van der Waals surface area (Å²) < 4.78 is 0. The molecule has 0 saturated heterocycles. The summed E-state index contributed by atoms with van der Waals surface area (Å²) in [5.74, 6) is 0. The summed E-state index contributed by atoms with van der Waals surface area (Å²) in [6.07, 6.45) is -0.846. The first-order valence-corrected chi connectivity index (χ1v) is 6.30. The molecule has 2 nitrogen and oxygen atoms in total. The van der Waals surface area contributed by atoms with Gasteiger partial charge in [-0.2, -0.15) is 5.26 Å². The van der Waals surface area contributed by atoms with Gasteiger partial charge in [0, 0.05) is 0 Å². The molecule has 1 N–H and O–H groups in total. The van der Waals surface area contributed by atoms with Crippen LogP contribution in [-0.2, 0) is 5.41 Å². The van der Waals surface area contributed by atoms with E-state index in [9.17, 15) is 10.4 Å². The van der Waals surface area contributed by atoms with Gasteiger partial charge in [-0.3, -0.25) is 0 Å². The van der Waals surface area contributed by atoms with Gasteiger partial charge in [0.05, 0.1) is 6.07 Å². The van der Waals surface area contributed by atoms with E-state index in [0.29, 0.717) is 0 Å². The van der Waals surface area contributed by atoms with E-state index >= 15 is 0 Å². The fourth-order valence-corrected chi connectivity index (χ4v) is 2.27. The first kappa shape index (κ1) is 13.3. The summed E-state index contributed by atoms with van der Waals surface area (Å²) in [5, 5.41) is 20.2. The molecule has 2 aromatic carbocycles. The van der Waals surface area contributed by atoms with Crippen molar-refractivity contribution in [1.82, 2.24) is 0 Å². The summed E-state index contributed by atoms with van der Waals surface area (Å²) in [4.78, 5) is 0. The van der Waals surface area contributed by atoms with Crippen LogP contribution in [0.1, 0.15) is 29.7 Å². The lowest BCUT2D eigenvalue weighted by atomic mass is 9.75. The van der Waals surface area contributed by atoms with E-state index in [1.54, 1.807) is 6.92 Å². The molecule has 19 heavy (non-hydrogen) atoms. The molecule has 0 unspecified atom stereocenters. The van der Waals surface area contributed by atoms with Crippen LogP contribution in [0.2, 0.25) is 0 Å². The molecule has 2 aromatic rings. The van der Waals surface area contributed by atoms with Gasteiger partial charge in [-0.1, -0.05) is 54.6 Å². The quantitative estimate of drug-likeness (QED) is 0.907. The third-order valence-corrected chi connectivity index (χ3v) is 3.64. The number of nitriles is 1. The van der Waals surface area contributed by atoms with Crippen LogP contribution in [0.4, 0.5) is 0 Å². The van der Waals surface area contributed by atoms with Gasteiger partial charge in [0.15, 0.2) is 0 Å². The maximum absolute atomic E-state index is 10.7. The van der Waals surface area contributed by atoms with Crippen molar-refractivity contribution in [1.29, 1.82) is 5.26 Å². The number of nitrogens with zero attached hydrogens (tertiary/aromatic N) is 1. The van der Waals surface area contributed by atoms with Crippen LogP contribution in [-0.4, -0.2) is 5.11 Å². The van der Waals surface area contributed by atoms with Crippen molar-refractivity contribution in [3.63, 3.8) is 0 Å². The maximum atomic E-state index is 10.7. The second kappa shape index (κ2) is 5.26. The zero-order valence-corrected chi connectivity index (χ0v) is 11.2. The first-order valence-electron chi connectivity index (χ1n) is 6.30. The predicted molar refractivity (Wildman–Crippen MR) is 75.5 cm³/mol. The highest BCUT2D eigenvalue weighted by Crippen LogP contribution is 2.37. The minimum absolute atomic E-state index is 0.801. The van der Waals surface area contributed by atoms with E-state index in [1.807, 2.05) is 61.5 Å². The highest BCUT2D eigenvalue weighted by atomic mass is 16.3. The Morgan fingerprint density at radius 1 is 1.05 bits per heavy atom. The lowest BCUT2D eigenvalue weighted by Gasteiger charge is -2.29. The topological polar surface area (TPSA) is 44.0 Å². The molecule has 0 bridgehead atoms. The maximum Gasteiger partial charge on any atom is 0.109 e. The van der Waals surface area contributed by atoms with Gasteiger partial charge in [-0.25, -0.2) is 0 Å². The van der Waals surface area contributed by atoms with Crippen molar-refractivity contribution in [2.45, 2.75) is 25.4 Å². The van der Waals surface area contributed by atoms with Crippen LogP contribution in [0.3, 0.4) is 0 Å². The van der Waals surface area contributed by atoms with E-state index in [4.69, 9.17) is 0 Å². The zero-order chi connectivity index (χ0) is 13.9. The Hall–Kier alpha value is -2.11. The van der Waals surface area contributed by atoms with E-state index in [0.717, 1.165) is 16.7 Å². The molecule has 0 aromatic heterocycles. The van der Waals surface area contributed by atoms with Crippen LogP contribution < -0.4 is 0 Å². The Kier molecular flexibility index (Phi) is 3.69. The lowest BCUT2D eigenvalue weighted by Crippen LogP contribution is -2.29. The van der Waals surface area contributed by atoms with Gasteiger partial charge in [0.2, 0.25) is 0 Å². The Bertz CT molecular complexity index is 600. The standard InChI is InChI=1S/C17H17NO/c1-13-8-6-7-11-15(13)16(19)17(2,12-18)14-9-4-3-5-10-14/h3-11,16,19H,1-2H3/t16-,17-/m0/s1. The van der Waals surface area contributed by atoms with Crippen LogP contribution in [0.5, 0.6) is 0 Å². The van der Waals surface area contributed by atoms with Crippen LogP contribution in [0, 0.1) is 18.3 Å².